The van der Waals surface area contributed by atoms with Crippen LogP contribution in [0.2, 0.25) is 0 Å². The Kier molecular flexibility index (Phi) is 5.12. The summed E-state index contributed by atoms with van der Waals surface area (Å²) in [5, 5.41) is 4.81. The van der Waals surface area contributed by atoms with Crippen LogP contribution in [0.3, 0.4) is 0 Å². The van der Waals surface area contributed by atoms with Crippen molar-refractivity contribution in [2.75, 3.05) is 37.7 Å². The number of aromatic amines is 1. The quantitative estimate of drug-likeness (QED) is 0.877. The summed E-state index contributed by atoms with van der Waals surface area (Å²) in [5.74, 6) is 0.817. The van der Waals surface area contributed by atoms with Crippen LogP contribution in [0, 0.1) is 5.92 Å². The van der Waals surface area contributed by atoms with Gasteiger partial charge in [0.2, 0.25) is 5.95 Å². The molecule has 1 aliphatic heterocycles. The number of anilines is 1. The molecular weight excluding hydrogens is 348 g/mol. The smallest absolute Gasteiger partial charge is 0.409 e. The average Bonchev–Trinajstić information content (AvgIpc) is 3.04. The Morgan fingerprint density at radius 3 is 2.52 bits per heavy atom. The summed E-state index contributed by atoms with van der Waals surface area (Å²) in [6, 6.07) is 0. The molecule has 27 heavy (non-hydrogen) atoms. The Hall–Kier alpha value is -2.58. The topological polar surface area (TPSA) is 96.3 Å². The van der Waals surface area contributed by atoms with Crippen molar-refractivity contribution in [2.24, 2.45) is 5.92 Å². The van der Waals surface area contributed by atoms with Gasteiger partial charge in [-0.1, -0.05) is 13.8 Å². The number of carbonyl (C=O) groups excluding carboxylic acids is 1. The van der Waals surface area contributed by atoms with Gasteiger partial charge in [0.25, 0.3) is 5.56 Å². The van der Waals surface area contributed by atoms with Crippen LogP contribution in [0.4, 0.5) is 10.7 Å². The van der Waals surface area contributed by atoms with Gasteiger partial charge in [-0.25, -0.2) is 9.48 Å². The van der Waals surface area contributed by atoms with Gasteiger partial charge in [-0.2, -0.15) is 10.1 Å². The summed E-state index contributed by atoms with van der Waals surface area (Å²) < 4.78 is 7.05. The Bertz CT molecular complexity index is 871. The van der Waals surface area contributed by atoms with E-state index in [0.717, 1.165) is 0 Å². The van der Waals surface area contributed by atoms with Crippen LogP contribution in [-0.4, -0.2) is 63.5 Å². The van der Waals surface area contributed by atoms with E-state index in [1.165, 1.54) is 0 Å². The van der Waals surface area contributed by atoms with Crippen molar-refractivity contribution in [1.29, 1.82) is 0 Å². The van der Waals surface area contributed by atoms with Crippen molar-refractivity contribution >= 4 is 23.1 Å². The first-order valence-corrected chi connectivity index (χ1v) is 9.32. The zero-order valence-corrected chi connectivity index (χ0v) is 16.7. The highest BCUT2D eigenvalue weighted by atomic mass is 16.6. The number of nitrogens with one attached hydrogen (secondary N) is 1. The number of carbonyl (C=O) groups is 1. The highest BCUT2D eigenvalue weighted by Crippen LogP contribution is 2.20. The number of amides is 1. The van der Waals surface area contributed by atoms with Crippen molar-refractivity contribution in [1.82, 2.24) is 24.6 Å². The van der Waals surface area contributed by atoms with E-state index in [-0.39, 0.29) is 17.2 Å². The molecule has 9 heteroatoms. The van der Waals surface area contributed by atoms with E-state index < -0.39 is 0 Å². The standard InChI is InChI=1S/C18H28N6O3/c1-12(2)11-27-17(26)23-8-6-22(7-9-23)16-20-14-13(15(25)21-16)10-19-24(14)18(3,4)5/h10,12H,6-9,11H2,1-5H3,(H,20,21,25). The molecular formula is C18H28N6O3. The molecule has 0 saturated carbocycles. The SMILES string of the molecule is CC(C)COC(=O)N1CCN(c2nc3c(cnn3C(C)(C)C)c(=O)[nH]2)CC1. The number of rotatable bonds is 3. The van der Waals surface area contributed by atoms with Gasteiger partial charge >= 0.3 is 6.09 Å². The summed E-state index contributed by atoms with van der Waals surface area (Å²) in [6.45, 7) is 12.7. The number of aromatic nitrogens is 4. The maximum atomic E-state index is 12.4. The normalized spacial score (nSPS) is 15.6. The van der Waals surface area contributed by atoms with Gasteiger partial charge in [-0.3, -0.25) is 9.78 Å². The Balaban J connectivity index is 1.76. The van der Waals surface area contributed by atoms with Crippen LogP contribution in [-0.2, 0) is 10.3 Å². The summed E-state index contributed by atoms with van der Waals surface area (Å²) in [7, 11) is 0. The number of fused-ring (bicyclic) bond motifs is 1. The fourth-order valence-corrected chi connectivity index (χ4v) is 2.98. The van der Waals surface area contributed by atoms with Crippen molar-refractivity contribution in [3.63, 3.8) is 0 Å². The van der Waals surface area contributed by atoms with Gasteiger partial charge in [0.15, 0.2) is 5.65 Å². The number of H-pyrrole nitrogens is 1. The van der Waals surface area contributed by atoms with Gasteiger partial charge in [0, 0.05) is 26.2 Å². The van der Waals surface area contributed by atoms with Gasteiger partial charge in [0.1, 0.15) is 5.39 Å². The highest BCUT2D eigenvalue weighted by Gasteiger charge is 2.25. The molecule has 0 atom stereocenters. The first kappa shape index (κ1) is 19.2. The van der Waals surface area contributed by atoms with Crippen LogP contribution in [0.15, 0.2) is 11.0 Å². The molecule has 2 aromatic heterocycles. The lowest BCUT2D eigenvalue weighted by Gasteiger charge is -2.34. The van der Waals surface area contributed by atoms with E-state index in [2.05, 4.69) is 15.1 Å². The van der Waals surface area contributed by atoms with Crippen molar-refractivity contribution < 1.29 is 9.53 Å². The summed E-state index contributed by atoms with van der Waals surface area (Å²) in [5.41, 5.74) is 0.0860. The van der Waals surface area contributed by atoms with Crippen molar-refractivity contribution in [2.45, 2.75) is 40.2 Å². The molecule has 0 aromatic carbocycles. The fraction of sp³-hybridized carbons (Fsp3) is 0.667. The van der Waals surface area contributed by atoms with E-state index in [0.29, 0.717) is 55.7 Å². The lowest BCUT2D eigenvalue weighted by atomic mass is 10.1. The highest BCUT2D eigenvalue weighted by molar-refractivity contribution is 5.75. The second-order valence-corrected chi connectivity index (χ2v) is 8.30. The minimum atomic E-state index is -0.286. The van der Waals surface area contributed by atoms with E-state index in [9.17, 15) is 9.59 Å². The molecule has 2 aromatic rings. The number of piperazine rings is 1. The summed E-state index contributed by atoms with van der Waals surface area (Å²) in [6.07, 6.45) is 1.27. The average molecular weight is 376 g/mol. The van der Waals surface area contributed by atoms with Crippen molar-refractivity contribution in [3.8, 4) is 0 Å². The van der Waals surface area contributed by atoms with Crippen LogP contribution < -0.4 is 10.5 Å². The van der Waals surface area contributed by atoms with Gasteiger partial charge in [-0.05, 0) is 26.7 Å². The second kappa shape index (κ2) is 7.21. The second-order valence-electron chi connectivity index (χ2n) is 8.30. The van der Waals surface area contributed by atoms with E-state index in [4.69, 9.17) is 4.74 Å². The molecule has 1 aliphatic rings. The maximum Gasteiger partial charge on any atom is 0.409 e. The Morgan fingerprint density at radius 2 is 1.93 bits per heavy atom. The number of nitrogens with zero attached hydrogens (tertiary/aromatic N) is 5. The molecule has 0 radical (unpaired) electrons. The summed E-state index contributed by atoms with van der Waals surface area (Å²) >= 11 is 0. The fourth-order valence-electron chi connectivity index (χ4n) is 2.98. The third-order valence-corrected chi connectivity index (χ3v) is 4.44. The van der Waals surface area contributed by atoms with Crippen molar-refractivity contribution in [3.05, 3.63) is 16.6 Å². The molecule has 3 rings (SSSR count). The molecule has 1 saturated heterocycles. The van der Waals surface area contributed by atoms with E-state index in [1.807, 2.05) is 39.5 Å². The first-order chi connectivity index (χ1) is 12.7. The minimum Gasteiger partial charge on any atom is -0.449 e. The van der Waals surface area contributed by atoms with Crippen LogP contribution >= 0.6 is 0 Å². The maximum absolute atomic E-state index is 12.4. The molecule has 1 N–H and O–H groups in total. The van der Waals surface area contributed by atoms with E-state index >= 15 is 0 Å². The molecule has 3 heterocycles. The first-order valence-electron chi connectivity index (χ1n) is 9.32. The predicted octanol–water partition coefficient (Wildman–Crippen LogP) is 1.79. The van der Waals surface area contributed by atoms with Gasteiger partial charge in [-0.15, -0.1) is 0 Å². The summed E-state index contributed by atoms with van der Waals surface area (Å²) in [4.78, 5) is 35.7. The zero-order chi connectivity index (χ0) is 19.8. The largest absolute Gasteiger partial charge is 0.449 e. The zero-order valence-electron chi connectivity index (χ0n) is 16.7. The number of hydrogen-bond acceptors (Lipinski definition) is 6. The van der Waals surface area contributed by atoms with Crippen LogP contribution in [0.1, 0.15) is 34.6 Å². The molecule has 9 nitrogen and oxygen atoms in total. The lowest BCUT2D eigenvalue weighted by Crippen LogP contribution is -2.49. The molecule has 1 fully saturated rings. The predicted molar refractivity (Wildman–Crippen MR) is 103 cm³/mol. The molecule has 0 aliphatic carbocycles. The molecule has 148 valence electrons. The number of ether oxygens (including phenoxy) is 1. The molecule has 0 unspecified atom stereocenters. The lowest BCUT2D eigenvalue weighted by molar-refractivity contribution is 0.0900. The molecule has 1 amide bonds. The monoisotopic (exact) mass is 376 g/mol. The molecule has 0 spiro atoms. The minimum absolute atomic E-state index is 0.204. The third kappa shape index (κ3) is 4.06. The third-order valence-electron chi connectivity index (χ3n) is 4.44. The van der Waals surface area contributed by atoms with Gasteiger partial charge < -0.3 is 14.5 Å². The van der Waals surface area contributed by atoms with Crippen LogP contribution in [0.25, 0.3) is 11.0 Å². The molecule has 0 bridgehead atoms. The van der Waals surface area contributed by atoms with Gasteiger partial charge in [0.05, 0.1) is 18.3 Å². The van der Waals surface area contributed by atoms with E-state index in [1.54, 1.807) is 15.8 Å². The Labute approximate surface area is 158 Å². The number of hydrogen-bond donors (Lipinski definition) is 1. The Morgan fingerprint density at radius 1 is 1.26 bits per heavy atom. The van der Waals surface area contributed by atoms with Crippen LogP contribution in [0.5, 0.6) is 0 Å².